The van der Waals surface area contributed by atoms with E-state index in [0.29, 0.717) is 0 Å². The van der Waals surface area contributed by atoms with E-state index < -0.39 is 5.97 Å². The van der Waals surface area contributed by atoms with Crippen molar-refractivity contribution in [1.82, 2.24) is 0 Å². The van der Waals surface area contributed by atoms with Crippen molar-refractivity contribution in [2.24, 2.45) is 17.3 Å². The first-order chi connectivity index (χ1) is 6.94. The summed E-state index contributed by atoms with van der Waals surface area (Å²) in [6, 6.07) is 0. The van der Waals surface area contributed by atoms with Gasteiger partial charge in [0, 0.05) is 11.3 Å². The first kappa shape index (κ1) is 10.7. The zero-order valence-corrected chi connectivity index (χ0v) is 9.63. The molecule has 0 amide bonds. The second kappa shape index (κ2) is 3.37. The Kier molecular flexibility index (Phi) is 2.41. The molecule has 1 saturated carbocycles. The van der Waals surface area contributed by atoms with Crippen LogP contribution in [0.4, 0.5) is 0 Å². The van der Waals surface area contributed by atoms with Gasteiger partial charge in [-0.25, -0.2) is 0 Å². The molecule has 0 aromatic carbocycles. The third kappa shape index (κ3) is 1.71. The van der Waals surface area contributed by atoms with E-state index in [1.165, 1.54) is 11.8 Å². The Morgan fingerprint density at radius 3 is 2.67 bits per heavy atom. The van der Waals surface area contributed by atoms with Gasteiger partial charge >= 0.3 is 5.97 Å². The fourth-order valence-electron chi connectivity index (χ4n) is 2.28. The van der Waals surface area contributed by atoms with Gasteiger partial charge in [-0.3, -0.25) is 9.59 Å². The highest BCUT2D eigenvalue weighted by molar-refractivity contribution is 8.14. The molecule has 2 fully saturated rings. The van der Waals surface area contributed by atoms with Gasteiger partial charge in [0.05, 0.1) is 5.92 Å². The van der Waals surface area contributed by atoms with E-state index in [1.807, 2.05) is 19.9 Å². The van der Waals surface area contributed by atoms with Crippen LogP contribution in [0.2, 0.25) is 0 Å². The van der Waals surface area contributed by atoms with Crippen molar-refractivity contribution in [3.05, 3.63) is 11.6 Å². The van der Waals surface area contributed by atoms with Crippen LogP contribution in [0, 0.1) is 17.3 Å². The minimum atomic E-state index is -0.750. The monoisotopic (exact) mass is 226 g/mol. The molecule has 0 aromatic rings. The van der Waals surface area contributed by atoms with Crippen LogP contribution in [-0.2, 0) is 9.59 Å². The molecular formula is C11H14O3S. The van der Waals surface area contributed by atoms with Crippen molar-refractivity contribution in [3.63, 3.8) is 0 Å². The van der Waals surface area contributed by atoms with Gasteiger partial charge in [0.1, 0.15) is 0 Å². The topological polar surface area (TPSA) is 54.4 Å². The van der Waals surface area contributed by atoms with Gasteiger partial charge in [-0.05, 0) is 17.8 Å². The molecule has 4 heteroatoms. The van der Waals surface area contributed by atoms with Gasteiger partial charge in [0.15, 0.2) is 0 Å². The lowest BCUT2D eigenvalue weighted by molar-refractivity contribution is -0.139. The van der Waals surface area contributed by atoms with Crippen molar-refractivity contribution < 1.29 is 14.7 Å². The van der Waals surface area contributed by atoms with Gasteiger partial charge < -0.3 is 5.11 Å². The summed E-state index contributed by atoms with van der Waals surface area (Å²) in [5, 5.41) is 9.11. The molecule has 3 nitrogen and oxygen atoms in total. The smallest absolute Gasteiger partial charge is 0.307 e. The summed E-state index contributed by atoms with van der Waals surface area (Å²) in [5.41, 5.74) is 0.633. The van der Waals surface area contributed by atoms with Crippen LogP contribution in [0.3, 0.4) is 0 Å². The van der Waals surface area contributed by atoms with Crippen LogP contribution < -0.4 is 0 Å². The normalized spacial score (nSPS) is 35.9. The lowest BCUT2D eigenvalue weighted by Crippen LogP contribution is -2.03. The average molecular weight is 226 g/mol. The first-order valence-corrected chi connectivity index (χ1v) is 6.04. The molecule has 15 heavy (non-hydrogen) atoms. The number of rotatable bonds is 2. The molecule has 1 aliphatic carbocycles. The Balaban J connectivity index is 2.15. The summed E-state index contributed by atoms with van der Waals surface area (Å²) in [6.45, 7) is 3.89. The molecule has 0 unspecified atom stereocenters. The molecule has 0 bridgehead atoms. The quantitative estimate of drug-likeness (QED) is 0.731. The molecule has 0 aromatic heterocycles. The van der Waals surface area contributed by atoms with E-state index in [-0.39, 0.29) is 22.4 Å². The predicted octanol–water partition coefficient (Wildman–Crippen LogP) is 1.93. The number of aliphatic carboxylic acids is 1. The molecular weight excluding hydrogens is 212 g/mol. The maximum absolute atomic E-state index is 11.4. The standard InChI is InChI=1S/C11H14O3S/c1-11(2)7(8(11)9(12)13)5-6-3-4-15-10(6)14/h5,7-8H,3-4H2,1-2H3,(H,12,13)/t7-,8-/m0/s1. The van der Waals surface area contributed by atoms with Crippen molar-refractivity contribution in [3.8, 4) is 0 Å². The Hall–Kier alpha value is -0.770. The molecule has 2 rings (SSSR count). The van der Waals surface area contributed by atoms with Crippen molar-refractivity contribution in [2.75, 3.05) is 5.75 Å². The van der Waals surface area contributed by atoms with E-state index in [9.17, 15) is 9.59 Å². The molecule has 2 aliphatic rings. The third-order valence-electron chi connectivity index (χ3n) is 3.42. The number of carbonyl (C=O) groups is 2. The third-order valence-corrected chi connectivity index (χ3v) is 4.36. The number of carboxylic acids is 1. The van der Waals surface area contributed by atoms with Crippen LogP contribution in [0.1, 0.15) is 20.3 Å². The number of carbonyl (C=O) groups excluding carboxylic acids is 1. The highest BCUT2D eigenvalue weighted by Crippen LogP contribution is 2.59. The second-order valence-electron chi connectivity index (χ2n) is 4.74. The Morgan fingerprint density at radius 2 is 2.27 bits per heavy atom. The molecule has 82 valence electrons. The number of allylic oxidation sites excluding steroid dienone is 1. The van der Waals surface area contributed by atoms with Crippen LogP contribution in [0.25, 0.3) is 0 Å². The zero-order valence-electron chi connectivity index (χ0n) is 8.82. The summed E-state index contributed by atoms with van der Waals surface area (Å²) in [5.74, 6) is -0.189. The SMILES string of the molecule is CC1(C)[C@H](C(=O)O)[C@@H]1C=C1CCSC1=O. The van der Waals surface area contributed by atoms with Crippen LogP contribution in [0.5, 0.6) is 0 Å². The predicted molar refractivity (Wildman–Crippen MR) is 58.6 cm³/mol. The molecule has 2 atom stereocenters. The molecule has 1 heterocycles. The molecule has 0 radical (unpaired) electrons. The lowest BCUT2D eigenvalue weighted by Gasteiger charge is -1.97. The number of carboxylic acid groups (broad SMARTS) is 1. The van der Waals surface area contributed by atoms with Crippen LogP contribution in [-0.4, -0.2) is 21.9 Å². The largest absolute Gasteiger partial charge is 0.481 e. The molecule has 1 N–H and O–H groups in total. The van der Waals surface area contributed by atoms with Crippen molar-refractivity contribution in [2.45, 2.75) is 20.3 Å². The minimum Gasteiger partial charge on any atom is -0.481 e. The lowest BCUT2D eigenvalue weighted by atomic mass is 10.1. The zero-order chi connectivity index (χ0) is 11.2. The van der Waals surface area contributed by atoms with Crippen LogP contribution in [0.15, 0.2) is 11.6 Å². The average Bonchev–Trinajstić information content (AvgIpc) is 2.47. The highest BCUT2D eigenvalue weighted by Gasteiger charge is 2.61. The Labute approximate surface area is 92.9 Å². The van der Waals surface area contributed by atoms with Gasteiger partial charge in [-0.1, -0.05) is 31.7 Å². The fourth-order valence-corrected chi connectivity index (χ4v) is 3.14. The number of hydrogen-bond donors (Lipinski definition) is 1. The maximum Gasteiger partial charge on any atom is 0.307 e. The first-order valence-electron chi connectivity index (χ1n) is 5.05. The molecule has 1 aliphatic heterocycles. The summed E-state index contributed by atoms with van der Waals surface area (Å²) in [6.07, 6.45) is 2.68. The second-order valence-corrected chi connectivity index (χ2v) is 5.81. The Bertz CT molecular complexity index is 357. The Morgan fingerprint density at radius 1 is 1.60 bits per heavy atom. The van der Waals surface area contributed by atoms with Crippen molar-refractivity contribution >= 4 is 22.8 Å². The number of hydrogen-bond acceptors (Lipinski definition) is 3. The molecule has 1 saturated heterocycles. The van der Waals surface area contributed by atoms with Gasteiger partial charge in [0.25, 0.3) is 0 Å². The van der Waals surface area contributed by atoms with E-state index in [1.54, 1.807) is 0 Å². The maximum atomic E-state index is 11.4. The van der Waals surface area contributed by atoms with Crippen LogP contribution >= 0.6 is 11.8 Å². The summed E-state index contributed by atoms with van der Waals surface area (Å²) in [7, 11) is 0. The minimum absolute atomic E-state index is 0.0349. The number of thioether (sulfide) groups is 1. The van der Waals surface area contributed by atoms with E-state index >= 15 is 0 Å². The van der Waals surface area contributed by atoms with Gasteiger partial charge in [-0.2, -0.15) is 0 Å². The summed E-state index contributed by atoms with van der Waals surface area (Å²) >= 11 is 1.33. The molecule has 0 spiro atoms. The fraction of sp³-hybridized carbons (Fsp3) is 0.636. The van der Waals surface area contributed by atoms with E-state index in [4.69, 9.17) is 5.11 Å². The van der Waals surface area contributed by atoms with E-state index in [2.05, 4.69) is 0 Å². The van der Waals surface area contributed by atoms with Crippen molar-refractivity contribution in [1.29, 1.82) is 0 Å². The van der Waals surface area contributed by atoms with Gasteiger partial charge in [-0.15, -0.1) is 0 Å². The van der Waals surface area contributed by atoms with Gasteiger partial charge in [0.2, 0.25) is 5.12 Å². The van der Waals surface area contributed by atoms with E-state index in [0.717, 1.165) is 17.7 Å². The highest BCUT2D eigenvalue weighted by atomic mass is 32.2. The summed E-state index contributed by atoms with van der Waals surface area (Å²) in [4.78, 5) is 22.3. The summed E-state index contributed by atoms with van der Waals surface area (Å²) < 4.78 is 0.